The Morgan fingerprint density at radius 3 is 1.69 bits per heavy atom. The van der Waals surface area contributed by atoms with Gasteiger partial charge in [0.05, 0.1) is 22.4 Å². The monoisotopic (exact) mass is 878 g/mol. The van der Waals surface area contributed by atoms with Gasteiger partial charge in [0.25, 0.3) is 0 Å². The highest BCUT2D eigenvalue weighted by molar-refractivity contribution is 6.09. The molecule has 1 aliphatic rings. The van der Waals surface area contributed by atoms with Crippen molar-refractivity contribution < 1.29 is 4.74 Å². The summed E-state index contributed by atoms with van der Waals surface area (Å²) in [4.78, 5) is 9.95. The van der Waals surface area contributed by atoms with Gasteiger partial charge in [-0.25, -0.2) is 4.98 Å². The maximum atomic E-state index is 7.06. The number of rotatable bonds is 9. The Morgan fingerprint density at radius 2 is 1.00 bits per heavy atom. The van der Waals surface area contributed by atoms with E-state index in [1.807, 2.05) is 6.20 Å². The molecular weight excluding hydrogens is 817 g/mol. The number of nitrogens with zero attached hydrogens (tertiary/aromatic N) is 4. The number of hydrogen-bond donors (Lipinski definition) is 0. The van der Waals surface area contributed by atoms with Gasteiger partial charge in [0, 0.05) is 51.3 Å². The summed E-state index contributed by atoms with van der Waals surface area (Å²) in [6.07, 6.45) is 1.94. The van der Waals surface area contributed by atoms with Crippen LogP contribution in [0.3, 0.4) is 0 Å². The van der Waals surface area contributed by atoms with Crippen molar-refractivity contribution in [3.8, 4) is 17.3 Å². The molecule has 2 aromatic heterocycles. The topological polar surface area (TPSA) is 33.5 Å². The molecule has 0 amide bonds. The highest BCUT2D eigenvalue weighted by Crippen LogP contribution is 2.49. The second kappa shape index (κ2) is 16.3. The lowest BCUT2D eigenvalue weighted by Crippen LogP contribution is -2.25. The number of hydrogen-bond acceptors (Lipinski definition) is 4. The van der Waals surface area contributed by atoms with E-state index >= 15 is 0 Å². The number of para-hydroxylation sites is 1. The van der Waals surface area contributed by atoms with Crippen LogP contribution in [0.5, 0.6) is 11.5 Å². The minimum absolute atomic E-state index is 0.0201. The molecule has 5 nitrogen and oxygen atoms in total. The van der Waals surface area contributed by atoms with Crippen molar-refractivity contribution >= 4 is 44.6 Å². The highest BCUT2D eigenvalue weighted by atomic mass is 16.5. The van der Waals surface area contributed by atoms with Crippen molar-refractivity contribution in [1.29, 1.82) is 0 Å². The Labute approximate surface area is 397 Å². The van der Waals surface area contributed by atoms with Crippen molar-refractivity contribution in [3.05, 3.63) is 216 Å². The summed E-state index contributed by atoms with van der Waals surface area (Å²) in [6.45, 7) is 23.6. The van der Waals surface area contributed by atoms with Crippen LogP contribution in [-0.4, -0.2) is 16.2 Å². The van der Waals surface area contributed by atoms with Crippen LogP contribution < -0.4 is 14.5 Å². The predicted octanol–water partition coefficient (Wildman–Crippen LogP) is 16.5. The van der Waals surface area contributed by atoms with Gasteiger partial charge in [-0.1, -0.05) is 166 Å². The number of aromatic nitrogens is 2. The van der Waals surface area contributed by atoms with Crippen molar-refractivity contribution in [2.45, 2.75) is 90.9 Å². The summed E-state index contributed by atoms with van der Waals surface area (Å²) in [7, 11) is 0. The molecule has 0 spiro atoms. The number of pyridine rings is 1. The fraction of sp³-hybridized carbons (Fsp3) is 0.242. The molecule has 0 N–H and O–H groups in total. The maximum Gasteiger partial charge on any atom is 0.137 e. The third kappa shape index (κ3) is 8.05. The molecule has 0 aliphatic carbocycles. The van der Waals surface area contributed by atoms with Gasteiger partial charge in [-0.2, -0.15) is 0 Å². The van der Waals surface area contributed by atoms with Crippen molar-refractivity contribution in [1.82, 2.24) is 9.55 Å². The first-order valence-corrected chi connectivity index (χ1v) is 23.7. The van der Waals surface area contributed by atoms with Gasteiger partial charge in [0.1, 0.15) is 24.0 Å². The number of anilines is 4. The molecule has 0 fully saturated rings. The van der Waals surface area contributed by atoms with E-state index in [1.54, 1.807) is 0 Å². The molecule has 336 valence electrons. The van der Waals surface area contributed by atoms with Gasteiger partial charge in [-0.3, -0.25) is 4.57 Å². The molecule has 0 bridgehead atoms. The number of fused-ring (bicyclic) bond motifs is 4. The van der Waals surface area contributed by atoms with E-state index < -0.39 is 0 Å². The molecule has 10 rings (SSSR count). The first kappa shape index (κ1) is 43.8. The van der Waals surface area contributed by atoms with E-state index in [9.17, 15) is 0 Å². The average molecular weight is 879 g/mol. The van der Waals surface area contributed by atoms with Crippen molar-refractivity contribution in [3.63, 3.8) is 0 Å². The summed E-state index contributed by atoms with van der Waals surface area (Å²) in [5.74, 6) is 2.44. The minimum atomic E-state index is -0.217. The average Bonchev–Trinajstić information content (AvgIpc) is 3.87. The summed E-state index contributed by atoms with van der Waals surface area (Å²) in [6, 6.07) is 64.0. The van der Waals surface area contributed by atoms with Crippen LogP contribution in [0.4, 0.5) is 22.7 Å². The maximum absolute atomic E-state index is 7.06. The highest BCUT2D eigenvalue weighted by Gasteiger charge is 2.33. The van der Waals surface area contributed by atoms with Gasteiger partial charge in [0.15, 0.2) is 0 Å². The van der Waals surface area contributed by atoms with Crippen molar-refractivity contribution in [2.75, 3.05) is 16.5 Å². The van der Waals surface area contributed by atoms with E-state index in [0.29, 0.717) is 6.67 Å². The largest absolute Gasteiger partial charge is 0.457 e. The fourth-order valence-corrected chi connectivity index (χ4v) is 9.83. The lowest BCUT2D eigenvalue weighted by molar-refractivity contribution is 0.479. The molecule has 0 saturated heterocycles. The fourth-order valence-electron chi connectivity index (χ4n) is 9.83. The predicted molar refractivity (Wildman–Crippen MR) is 282 cm³/mol. The molecule has 67 heavy (non-hydrogen) atoms. The SMILES string of the molecule is CC(C)(C)c1cccc(N2CN(c3cc(Oc4ccc5c6ccccc6n(-c6cc(C(C)(C)c7ccccc7)ccn6)c5c4)cc(C(C)(C)C)c3)c3cc(C(C)(C)c4ccccc4)ccc32)c1. The molecule has 9 aromatic rings. The lowest BCUT2D eigenvalue weighted by atomic mass is 9.78. The Bertz CT molecular complexity index is 3280. The van der Waals surface area contributed by atoms with Crippen LogP contribution in [0.2, 0.25) is 0 Å². The third-order valence-electron chi connectivity index (χ3n) is 14.2. The quantitative estimate of drug-likeness (QED) is 0.145. The van der Waals surface area contributed by atoms with Gasteiger partial charge in [-0.05, 0) is 111 Å². The molecule has 0 saturated carbocycles. The molecule has 0 radical (unpaired) electrons. The van der Waals surface area contributed by atoms with Crippen LogP contribution in [-0.2, 0) is 21.7 Å². The number of benzene rings is 7. The Balaban J connectivity index is 1.08. The van der Waals surface area contributed by atoms with E-state index in [-0.39, 0.29) is 21.7 Å². The zero-order valence-electron chi connectivity index (χ0n) is 40.7. The third-order valence-corrected chi connectivity index (χ3v) is 14.2. The zero-order valence-corrected chi connectivity index (χ0v) is 40.7. The Kier molecular flexibility index (Phi) is 10.7. The molecular formula is C62H62N4O. The second-order valence-electron chi connectivity index (χ2n) is 21.5. The zero-order chi connectivity index (χ0) is 46.9. The van der Waals surface area contributed by atoms with Crippen LogP contribution >= 0.6 is 0 Å². The molecule has 3 heterocycles. The van der Waals surface area contributed by atoms with Crippen LogP contribution in [0.1, 0.15) is 103 Å². The van der Waals surface area contributed by atoms with Crippen molar-refractivity contribution in [2.24, 2.45) is 0 Å². The smallest absolute Gasteiger partial charge is 0.137 e. The summed E-state index contributed by atoms with van der Waals surface area (Å²) >= 11 is 0. The standard InChI is InChI=1S/C62H62N4O/c1-59(2,3)44-24-19-25-48(34-44)64-41-65(57-37-45(28-31-55(57)64)61(7,8)42-20-13-11-14-21-42)49-35-47(60(4,5)6)36-51(39-49)67-50-29-30-53-52-26-17-18-27-54(52)66(56(53)40-50)58-38-46(32-33-63-58)62(9,10)43-22-15-12-16-23-43/h11-40H,41H2,1-10H3. The van der Waals surface area contributed by atoms with E-state index in [2.05, 4.69) is 260 Å². The molecule has 0 atom stereocenters. The van der Waals surface area contributed by atoms with Crippen LogP contribution in [0.25, 0.3) is 27.6 Å². The number of ether oxygens (including phenoxy) is 1. The van der Waals surface area contributed by atoms with Gasteiger partial charge in [-0.15, -0.1) is 0 Å². The molecule has 0 unspecified atom stereocenters. The molecule has 5 heteroatoms. The van der Waals surface area contributed by atoms with Crippen LogP contribution in [0.15, 0.2) is 182 Å². The minimum Gasteiger partial charge on any atom is -0.457 e. The Hall–Kier alpha value is -7.11. The van der Waals surface area contributed by atoms with E-state index in [4.69, 9.17) is 9.72 Å². The second-order valence-corrected chi connectivity index (χ2v) is 21.5. The first-order valence-electron chi connectivity index (χ1n) is 23.7. The van der Waals surface area contributed by atoms with Gasteiger partial charge in [0.2, 0.25) is 0 Å². The van der Waals surface area contributed by atoms with Gasteiger partial charge >= 0.3 is 0 Å². The summed E-state index contributed by atoms with van der Waals surface area (Å²) in [5, 5.41) is 2.33. The normalized spacial score (nSPS) is 13.4. The van der Waals surface area contributed by atoms with Gasteiger partial charge < -0.3 is 14.5 Å². The summed E-state index contributed by atoms with van der Waals surface area (Å²) in [5.41, 5.74) is 13.8. The Morgan fingerprint density at radius 1 is 0.403 bits per heavy atom. The summed E-state index contributed by atoms with van der Waals surface area (Å²) < 4.78 is 9.35. The molecule has 1 aliphatic heterocycles. The first-order chi connectivity index (χ1) is 32.0. The van der Waals surface area contributed by atoms with E-state index in [0.717, 1.165) is 39.4 Å². The van der Waals surface area contributed by atoms with E-state index in [1.165, 1.54) is 55.8 Å². The lowest BCUT2D eigenvalue weighted by Gasteiger charge is -2.28. The van der Waals surface area contributed by atoms with Crippen LogP contribution in [0, 0.1) is 0 Å². The molecule has 7 aromatic carbocycles.